The summed E-state index contributed by atoms with van der Waals surface area (Å²) in [7, 11) is 0. The number of fused-ring (bicyclic) bond motifs is 8. The Morgan fingerprint density at radius 3 is 1.24 bits per heavy atom. The van der Waals surface area contributed by atoms with E-state index in [-0.39, 0.29) is 0 Å². The molecule has 8 nitrogen and oxygen atoms in total. The molecule has 4 aliphatic carbocycles. The number of hydrogen-bond donors (Lipinski definition) is 0. The number of aryl methyl sites for hydroxylation is 12. The summed E-state index contributed by atoms with van der Waals surface area (Å²) in [6.45, 7) is 52.8. The summed E-state index contributed by atoms with van der Waals surface area (Å²) in [4.78, 5) is 29.5. The van der Waals surface area contributed by atoms with Crippen molar-refractivity contribution in [3.63, 3.8) is 0 Å². The van der Waals surface area contributed by atoms with E-state index in [4.69, 9.17) is 9.97 Å². The van der Waals surface area contributed by atoms with Crippen LogP contribution in [0.3, 0.4) is 0 Å². The average Bonchev–Trinajstić information content (AvgIpc) is 4.15. The number of pyridine rings is 4. The Balaban J connectivity index is 0.000000123. The highest BCUT2D eigenvalue weighted by atomic mass is 15.3. The van der Waals surface area contributed by atoms with Gasteiger partial charge in [0.15, 0.2) is 0 Å². The van der Waals surface area contributed by atoms with Crippen molar-refractivity contribution in [1.82, 2.24) is 19.9 Å². The molecule has 8 bridgehead atoms. The van der Waals surface area contributed by atoms with Crippen molar-refractivity contribution in [2.75, 3.05) is 19.6 Å². The van der Waals surface area contributed by atoms with Crippen LogP contribution in [0.4, 0.5) is 22.7 Å². The van der Waals surface area contributed by atoms with Crippen molar-refractivity contribution in [3.05, 3.63) is 92.1 Å². The quantitative estimate of drug-likeness (QED) is 0.200. The Hall–Kier alpha value is -4.20. The van der Waals surface area contributed by atoms with Crippen molar-refractivity contribution < 1.29 is 0 Å². The van der Waals surface area contributed by atoms with Crippen molar-refractivity contribution in [1.29, 1.82) is 0 Å². The van der Waals surface area contributed by atoms with Crippen molar-refractivity contribution >= 4 is 22.7 Å². The molecule has 13 unspecified atom stereocenters. The fourth-order valence-electron chi connectivity index (χ4n) is 18.8. The van der Waals surface area contributed by atoms with Gasteiger partial charge >= 0.3 is 0 Å². The van der Waals surface area contributed by atoms with Crippen LogP contribution in [0.1, 0.15) is 215 Å². The lowest BCUT2D eigenvalue weighted by atomic mass is 9.75. The average molecular weight is 1020 g/mol. The Labute approximate surface area is 457 Å². The Kier molecular flexibility index (Phi) is 14.1. The zero-order chi connectivity index (χ0) is 55.0. The van der Waals surface area contributed by atoms with E-state index in [1.807, 2.05) is 0 Å². The lowest BCUT2D eigenvalue weighted by molar-refractivity contribution is 0.199. The van der Waals surface area contributed by atoms with E-state index >= 15 is 0 Å². The zero-order valence-corrected chi connectivity index (χ0v) is 51.7. The first-order valence-electron chi connectivity index (χ1n) is 29.8. The van der Waals surface area contributed by atoms with Gasteiger partial charge in [-0.3, -0.25) is 19.9 Å². The summed E-state index contributed by atoms with van der Waals surface area (Å²) in [5.74, 6) is 1.70. The predicted molar refractivity (Wildman–Crippen MR) is 318 cm³/mol. The largest absolute Gasteiger partial charge is 0.364 e. The van der Waals surface area contributed by atoms with Gasteiger partial charge in [-0.25, -0.2) is 0 Å². The van der Waals surface area contributed by atoms with Crippen LogP contribution in [-0.2, 0) is 0 Å². The van der Waals surface area contributed by atoms with Crippen LogP contribution < -0.4 is 19.6 Å². The minimum Gasteiger partial charge on any atom is -0.364 e. The van der Waals surface area contributed by atoms with E-state index in [0.717, 1.165) is 40.7 Å². The standard InChI is InChI=1S/C18H28N2.C17H26N2.2C16H24N2/c1-11-8-13(3)19-14(4)16(11)20-15(5)18(7)10-17(20,6)9-12(18)2;1-11-9-12(2)18-13(3)15(11)19-14(4)16(5)7-8-17(19,6)10-16;1-10-8-11(2)17-12(3)15(10)18-13(4)16(5)7-6-14(18)9-16;1-10-8-11(2)17-12(3)15(10)18-13(4)14-6-7-16(18,5)9-14/h8,12,15H,9-10H2,1-7H3;9,14H,7-8,10H2,1-6H3;2*8,13-14H,6-7,9H2,1-5H3. The number of aromatic nitrogens is 4. The second-order valence-corrected chi connectivity index (χ2v) is 28.5. The molecule has 8 heteroatoms. The summed E-state index contributed by atoms with van der Waals surface area (Å²) in [5, 5.41) is 0. The van der Waals surface area contributed by atoms with E-state index in [1.54, 1.807) is 0 Å². The Morgan fingerprint density at radius 1 is 0.413 bits per heavy atom. The minimum absolute atomic E-state index is 0.306. The van der Waals surface area contributed by atoms with Crippen LogP contribution >= 0.6 is 0 Å². The molecule has 75 heavy (non-hydrogen) atoms. The van der Waals surface area contributed by atoms with Gasteiger partial charge in [-0.1, -0.05) is 27.7 Å². The molecule has 4 aromatic rings. The Morgan fingerprint density at radius 2 is 0.867 bits per heavy atom. The van der Waals surface area contributed by atoms with E-state index in [0.29, 0.717) is 57.0 Å². The molecule has 4 aromatic heterocycles. The number of piperidine rings is 4. The van der Waals surface area contributed by atoms with Gasteiger partial charge in [0, 0.05) is 69.6 Å². The molecule has 0 amide bonds. The lowest BCUT2D eigenvalue weighted by Crippen LogP contribution is -2.51. The molecule has 8 heterocycles. The molecule has 0 N–H and O–H groups in total. The van der Waals surface area contributed by atoms with Gasteiger partial charge in [-0.2, -0.15) is 0 Å². The van der Waals surface area contributed by atoms with Crippen molar-refractivity contribution in [3.8, 4) is 0 Å². The van der Waals surface area contributed by atoms with Crippen LogP contribution in [0.25, 0.3) is 0 Å². The van der Waals surface area contributed by atoms with Gasteiger partial charge in [-0.15, -0.1) is 0 Å². The fraction of sp³-hybridized carbons (Fsp3) is 0.701. The number of hydrogen-bond acceptors (Lipinski definition) is 8. The summed E-state index contributed by atoms with van der Waals surface area (Å²) < 4.78 is 0. The summed E-state index contributed by atoms with van der Waals surface area (Å²) in [6, 6.07) is 12.2. The molecule has 0 aromatic carbocycles. The van der Waals surface area contributed by atoms with Crippen LogP contribution in [0.5, 0.6) is 0 Å². The number of rotatable bonds is 4. The maximum absolute atomic E-state index is 4.73. The molecular formula is C67H102N8. The van der Waals surface area contributed by atoms with E-state index < -0.39 is 0 Å². The van der Waals surface area contributed by atoms with Crippen LogP contribution in [-0.4, -0.2) is 66.8 Å². The van der Waals surface area contributed by atoms with Crippen molar-refractivity contribution in [2.24, 2.45) is 28.1 Å². The van der Waals surface area contributed by atoms with Crippen LogP contribution in [0.2, 0.25) is 0 Å². The fourth-order valence-corrected chi connectivity index (χ4v) is 18.8. The van der Waals surface area contributed by atoms with E-state index in [2.05, 4.69) is 213 Å². The van der Waals surface area contributed by atoms with Crippen LogP contribution in [0, 0.1) is 111 Å². The number of anilines is 4. The molecule has 4 aliphatic heterocycles. The molecule has 4 saturated carbocycles. The van der Waals surface area contributed by atoms with Gasteiger partial charge in [-0.05, 0) is 277 Å². The topological polar surface area (TPSA) is 64.5 Å². The molecule has 410 valence electrons. The minimum atomic E-state index is 0.306. The first-order valence-corrected chi connectivity index (χ1v) is 29.8. The van der Waals surface area contributed by atoms with E-state index in [9.17, 15) is 0 Å². The summed E-state index contributed by atoms with van der Waals surface area (Å²) in [6.07, 6.45) is 14.9. The highest BCUT2D eigenvalue weighted by Crippen LogP contribution is 2.63. The van der Waals surface area contributed by atoms with Crippen molar-refractivity contribution in [2.45, 2.75) is 277 Å². The van der Waals surface area contributed by atoms with Crippen LogP contribution in [0.15, 0.2) is 24.3 Å². The number of nitrogens with zero attached hydrogens (tertiary/aromatic N) is 8. The third kappa shape index (κ3) is 9.10. The monoisotopic (exact) mass is 1020 g/mol. The molecule has 8 fully saturated rings. The molecule has 0 spiro atoms. The summed E-state index contributed by atoms with van der Waals surface area (Å²) in [5.41, 5.74) is 22.9. The predicted octanol–water partition coefficient (Wildman–Crippen LogP) is 16.1. The smallest absolute Gasteiger partial charge is 0.0619 e. The third-order valence-electron chi connectivity index (χ3n) is 22.5. The van der Waals surface area contributed by atoms with E-state index in [1.165, 1.54) is 138 Å². The Bertz CT molecular complexity index is 2760. The summed E-state index contributed by atoms with van der Waals surface area (Å²) >= 11 is 0. The maximum atomic E-state index is 4.73. The maximum Gasteiger partial charge on any atom is 0.0619 e. The molecule has 13 atom stereocenters. The third-order valence-corrected chi connectivity index (χ3v) is 22.5. The molecule has 0 radical (unpaired) electrons. The first-order chi connectivity index (χ1) is 34.8. The van der Waals surface area contributed by atoms with Gasteiger partial charge in [0.05, 0.1) is 45.5 Å². The van der Waals surface area contributed by atoms with Gasteiger partial charge in [0.2, 0.25) is 0 Å². The molecule has 12 rings (SSSR count). The molecule has 4 saturated heterocycles. The second kappa shape index (κ2) is 19.0. The normalized spacial score (nSPS) is 36.5. The van der Waals surface area contributed by atoms with Gasteiger partial charge in [0.1, 0.15) is 0 Å². The molecule has 8 aliphatic rings. The SMILES string of the molecule is Cc1cc(C)c(N2C(C)C3(C)CC2(C)CC3C)c(C)n1.Cc1cc(C)c(N2C(C)C3(C)CCC2(C)C3)c(C)n1.Cc1cc(C)c(N2C(C)C3CCC2(C)C3)c(C)n1.Cc1cc(C)c(N2C3CCC(C)(C3)C2C)c(C)n1. The van der Waals surface area contributed by atoms with Gasteiger partial charge < -0.3 is 19.6 Å². The zero-order valence-electron chi connectivity index (χ0n) is 51.7. The highest BCUT2D eigenvalue weighted by molar-refractivity contribution is 5.65. The lowest BCUT2D eigenvalue weighted by Gasteiger charge is -2.47. The highest BCUT2D eigenvalue weighted by Gasteiger charge is 2.63. The molecular weight excluding hydrogens is 917 g/mol. The second-order valence-electron chi connectivity index (χ2n) is 28.5. The first kappa shape index (κ1) is 55.6. The van der Waals surface area contributed by atoms with Gasteiger partial charge in [0.25, 0.3) is 0 Å².